The minimum absolute atomic E-state index is 0.622. The van der Waals surface area contributed by atoms with Crippen LogP contribution < -0.4 is 0 Å². The molecule has 0 spiro atoms. The summed E-state index contributed by atoms with van der Waals surface area (Å²) < 4.78 is 38.0. The Bertz CT molecular complexity index is 672. The minimum Gasteiger partial charge on any atom is -0.297 e. The molecule has 0 atom stereocenters. The first-order valence-electron chi connectivity index (χ1n) is 8.27. The molecule has 0 unspecified atom stereocenters. The number of rotatable bonds is 3. The maximum absolute atomic E-state index is 12.7. The summed E-state index contributed by atoms with van der Waals surface area (Å²) in [5.41, 5.74) is 2.02. The molecular weight excluding hydrogens is 313 g/mol. The van der Waals surface area contributed by atoms with Gasteiger partial charge >= 0.3 is 6.18 Å². The van der Waals surface area contributed by atoms with Gasteiger partial charge < -0.3 is 0 Å². The molecule has 0 amide bonds. The number of piperidine rings is 1. The Hall–Kier alpha value is -1.88. The third-order valence-corrected chi connectivity index (χ3v) is 4.62. The van der Waals surface area contributed by atoms with Crippen molar-refractivity contribution in [1.29, 1.82) is 0 Å². The zero-order valence-electron chi connectivity index (χ0n) is 13.7. The molecule has 1 saturated heterocycles. The smallest absolute Gasteiger partial charge is 0.297 e. The molecule has 128 valence electrons. The van der Waals surface area contributed by atoms with Crippen LogP contribution in [0.5, 0.6) is 0 Å². The number of nitrogens with zero attached hydrogens (tertiary/aromatic N) is 2. The van der Waals surface area contributed by atoms with E-state index in [1.165, 1.54) is 25.0 Å². The summed E-state index contributed by atoms with van der Waals surface area (Å²) in [6.07, 6.45) is -0.153. The van der Waals surface area contributed by atoms with Crippen LogP contribution in [0.15, 0.2) is 42.6 Å². The fourth-order valence-electron chi connectivity index (χ4n) is 3.05. The largest absolute Gasteiger partial charge is 0.416 e. The first-order valence-corrected chi connectivity index (χ1v) is 8.27. The molecule has 0 saturated carbocycles. The number of alkyl halides is 3. The van der Waals surface area contributed by atoms with Gasteiger partial charge in [-0.2, -0.15) is 13.2 Å². The van der Waals surface area contributed by atoms with E-state index in [1.807, 2.05) is 12.1 Å². The van der Waals surface area contributed by atoms with Crippen LogP contribution in [0.25, 0.3) is 11.1 Å². The summed E-state index contributed by atoms with van der Waals surface area (Å²) in [7, 11) is 0. The third kappa shape index (κ3) is 4.15. The molecule has 24 heavy (non-hydrogen) atoms. The van der Waals surface area contributed by atoms with E-state index in [4.69, 9.17) is 0 Å². The van der Waals surface area contributed by atoms with E-state index < -0.39 is 11.7 Å². The first-order chi connectivity index (χ1) is 11.4. The molecule has 2 nitrogen and oxygen atoms in total. The molecule has 1 fully saturated rings. The minimum atomic E-state index is -4.30. The zero-order valence-corrected chi connectivity index (χ0v) is 13.7. The Kier molecular flexibility index (Phi) is 4.90. The lowest BCUT2D eigenvalue weighted by atomic mass is 9.99. The highest BCUT2D eigenvalue weighted by Crippen LogP contribution is 2.31. The van der Waals surface area contributed by atoms with Crippen LogP contribution in [0.4, 0.5) is 13.2 Å². The normalized spacial score (nSPS) is 17.2. The summed E-state index contributed by atoms with van der Waals surface area (Å²) in [5, 5.41) is 0. The van der Waals surface area contributed by atoms with E-state index in [1.54, 1.807) is 6.20 Å². The van der Waals surface area contributed by atoms with E-state index in [9.17, 15) is 13.2 Å². The van der Waals surface area contributed by atoms with Gasteiger partial charge in [0.2, 0.25) is 0 Å². The molecule has 0 N–H and O–H groups in total. The van der Waals surface area contributed by atoms with E-state index in [0.29, 0.717) is 0 Å². The molecule has 3 rings (SSSR count). The molecule has 1 aromatic carbocycles. The standard InChI is InChI=1S/C19H21F3N2/c1-14-7-10-24(11-8-14)13-18-12-16(6-9-23-18)15-2-4-17(5-3-15)19(20,21)22/h2-6,9,12,14H,7-8,10-11,13H2,1H3. The molecule has 2 aromatic rings. The number of hydrogen-bond donors (Lipinski definition) is 0. The Morgan fingerprint density at radius 3 is 2.33 bits per heavy atom. The molecular formula is C19H21F3N2. The second kappa shape index (κ2) is 6.93. The van der Waals surface area contributed by atoms with Gasteiger partial charge in [-0.1, -0.05) is 19.1 Å². The fraction of sp³-hybridized carbons (Fsp3) is 0.421. The van der Waals surface area contributed by atoms with Crippen LogP contribution >= 0.6 is 0 Å². The Morgan fingerprint density at radius 2 is 1.71 bits per heavy atom. The Morgan fingerprint density at radius 1 is 1.04 bits per heavy atom. The third-order valence-electron chi connectivity index (χ3n) is 4.62. The summed E-state index contributed by atoms with van der Waals surface area (Å²) in [4.78, 5) is 6.80. The van der Waals surface area contributed by atoms with E-state index in [0.717, 1.165) is 54.5 Å². The molecule has 2 heterocycles. The molecule has 0 radical (unpaired) electrons. The average molecular weight is 334 g/mol. The van der Waals surface area contributed by atoms with Crippen molar-refractivity contribution < 1.29 is 13.2 Å². The van der Waals surface area contributed by atoms with Gasteiger partial charge in [0.25, 0.3) is 0 Å². The lowest BCUT2D eigenvalue weighted by Crippen LogP contribution is -2.32. The van der Waals surface area contributed by atoms with Crippen LogP contribution in [0.2, 0.25) is 0 Å². The van der Waals surface area contributed by atoms with Crippen molar-refractivity contribution in [3.8, 4) is 11.1 Å². The van der Waals surface area contributed by atoms with E-state index in [2.05, 4.69) is 16.8 Å². The van der Waals surface area contributed by atoms with Gasteiger partial charge in [0, 0.05) is 12.7 Å². The Balaban J connectivity index is 1.73. The fourth-order valence-corrected chi connectivity index (χ4v) is 3.05. The molecule has 1 aromatic heterocycles. The van der Waals surface area contributed by atoms with Crippen molar-refractivity contribution in [3.05, 3.63) is 53.9 Å². The van der Waals surface area contributed by atoms with Crippen molar-refractivity contribution in [1.82, 2.24) is 9.88 Å². The number of pyridine rings is 1. The number of aromatic nitrogens is 1. The van der Waals surface area contributed by atoms with Crippen molar-refractivity contribution in [2.45, 2.75) is 32.5 Å². The first kappa shape index (κ1) is 17.0. The van der Waals surface area contributed by atoms with Crippen LogP contribution in [0, 0.1) is 5.92 Å². The van der Waals surface area contributed by atoms with Gasteiger partial charge in [0.1, 0.15) is 0 Å². The number of likely N-dealkylation sites (tertiary alicyclic amines) is 1. The summed E-state index contributed by atoms with van der Waals surface area (Å²) in [6.45, 7) is 5.22. The summed E-state index contributed by atoms with van der Waals surface area (Å²) >= 11 is 0. The molecule has 1 aliphatic heterocycles. The van der Waals surface area contributed by atoms with Crippen LogP contribution in [-0.4, -0.2) is 23.0 Å². The average Bonchev–Trinajstić information content (AvgIpc) is 2.57. The maximum Gasteiger partial charge on any atom is 0.416 e. The number of hydrogen-bond acceptors (Lipinski definition) is 2. The quantitative estimate of drug-likeness (QED) is 0.785. The lowest BCUT2D eigenvalue weighted by Gasteiger charge is -2.29. The van der Waals surface area contributed by atoms with Gasteiger partial charge in [-0.3, -0.25) is 9.88 Å². The second-order valence-electron chi connectivity index (χ2n) is 6.57. The Labute approximate surface area is 140 Å². The van der Waals surface area contributed by atoms with Crippen molar-refractivity contribution >= 4 is 0 Å². The zero-order chi connectivity index (χ0) is 17.2. The van der Waals surface area contributed by atoms with E-state index >= 15 is 0 Å². The summed E-state index contributed by atoms with van der Waals surface area (Å²) in [5.74, 6) is 0.785. The van der Waals surface area contributed by atoms with Crippen LogP contribution in [0.1, 0.15) is 31.0 Å². The van der Waals surface area contributed by atoms with Gasteiger partial charge in [0.15, 0.2) is 0 Å². The van der Waals surface area contributed by atoms with Crippen LogP contribution in [0.3, 0.4) is 0 Å². The topological polar surface area (TPSA) is 16.1 Å². The molecule has 0 bridgehead atoms. The molecule has 5 heteroatoms. The monoisotopic (exact) mass is 334 g/mol. The SMILES string of the molecule is CC1CCN(Cc2cc(-c3ccc(C(F)(F)F)cc3)ccn2)CC1. The van der Waals surface area contributed by atoms with Gasteiger partial charge in [0.05, 0.1) is 11.3 Å². The van der Waals surface area contributed by atoms with Crippen LogP contribution in [-0.2, 0) is 12.7 Å². The predicted molar refractivity (Wildman–Crippen MR) is 88.4 cm³/mol. The number of halogens is 3. The summed E-state index contributed by atoms with van der Waals surface area (Å²) in [6, 6.07) is 9.10. The highest BCUT2D eigenvalue weighted by atomic mass is 19.4. The molecule has 1 aliphatic rings. The molecule has 0 aliphatic carbocycles. The van der Waals surface area contributed by atoms with Gasteiger partial charge in [-0.05, 0) is 67.2 Å². The van der Waals surface area contributed by atoms with Crippen molar-refractivity contribution in [3.63, 3.8) is 0 Å². The van der Waals surface area contributed by atoms with Crippen molar-refractivity contribution in [2.75, 3.05) is 13.1 Å². The lowest BCUT2D eigenvalue weighted by molar-refractivity contribution is -0.137. The highest BCUT2D eigenvalue weighted by molar-refractivity contribution is 5.63. The second-order valence-corrected chi connectivity index (χ2v) is 6.57. The predicted octanol–water partition coefficient (Wildman–Crippen LogP) is 5.00. The maximum atomic E-state index is 12.7. The van der Waals surface area contributed by atoms with Gasteiger partial charge in [-0.25, -0.2) is 0 Å². The van der Waals surface area contributed by atoms with Gasteiger partial charge in [-0.15, -0.1) is 0 Å². The van der Waals surface area contributed by atoms with Crippen molar-refractivity contribution in [2.24, 2.45) is 5.92 Å². The van der Waals surface area contributed by atoms with E-state index in [-0.39, 0.29) is 0 Å². The number of benzene rings is 1. The highest BCUT2D eigenvalue weighted by Gasteiger charge is 2.30.